The summed E-state index contributed by atoms with van der Waals surface area (Å²) >= 11 is 0. The number of halogens is 3. The lowest BCUT2D eigenvalue weighted by Crippen LogP contribution is -2.07. The molecular formula is C19H16F3N3O3. The molecule has 0 atom stereocenters. The van der Waals surface area contributed by atoms with Gasteiger partial charge in [-0.15, -0.1) is 0 Å². The number of aromatic nitrogens is 2. The lowest BCUT2D eigenvalue weighted by molar-refractivity contribution is -0.386. The molecule has 0 fully saturated rings. The average Bonchev–Trinajstić information content (AvgIpc) is 3.11. The molecule has 3 aromatic rings. The van der Waals surface area contributed by atoms with E-state index in [0.29, 0.717) is 16.9 Å². The van der Waals surface area contributed by atoms with Crippen molar-refractivity contribution in [3.63, 3.8) is 0 Å². The predicted octanol–water partition coefficient (Wildman–Crippen LogP) is 5.49. The van der Waals surface area contributed by atoms with Crippen LogP contribution >= 0.6 is 0 Å². The van der Waals surface area contributed by atoms with Gasteiger partial charge in [0, 0.05) is 17.1 Å². The van der Waals surface area contributed by atoms with Crippen LogP contribution in [-0.4, -0.2) is 14.6 Å². The van der Waals surface area contributed by atoms with E-state index in [9.17, 15) is 23.3 Å². The minimum absolute atomic E-state index is 0.00590. The first-order valence-corrected chi connectivity index (χ1v) is 8.25. The molecule has 0 aliphatic heterocycles. The Balaban J connectivity index is 2.01. The normalized spacial score (nSPS) is 12.1. The van der Waals surface area contributed by atoms with Gasteiger partial charge in [-0.05, 0) is 62.8 Å². The Morgan fingerprint density at radius 3 is 2.54 bits per heavy atom. The van der Waals surface area contributed by atoms with E-state index >= 15 is 0 Å². The van der Waals surface area contributed by atoms with Gasteiger partial charge in [0.25, 0.3) is 0 Å². The highest BCUT2D eigenvalue weighted by Crippen LogP contribution is 2.32. The third-order valence-electron chi connectivity index (χ3n) is 4.36. The molecule has 28 heavy (non-hydrogen) atoms. The van der Waals surface area contributed by atoms with Gasteiger partial charge in [-0.2, -0.15) is 13.2 Å². The van der Waals surface area contributed by atoms with Crippen LogP contribution in [0.15, 0.2) is 34.9 Å². The van der Waals surface area contributed by atoms with E-state index in [-0.39, 0.29) is 17.1 Å². The first kappa shape index (κ1) is 19.4. The maximum absolute atomic E-state index is 13.0. The minimum Gasteiger partial charge on any atom is -0.349 e. The molecule has 0 N–H and O–H groups in total. The van der Waals surface area contributed by atoms with Gasteiger partial charge in [0.1, 0.15) is 0 Å². The van der Waals surface area contributed by atoms with E-state index in [1.54, 1.807) is 36.6 Å². The molecule has 2 aromatic heterocycles. The Hall–Kier alpha value is -3.36. The molecule has 9 heteroatoms. The minimum atomic E-state index is -4.43. The predicted molar refractivity (Wildman–Crippen MR) is 97.1 cm³/mol. The van der Waals surface area contributed by atoms with Crippen molar-refractivity contribution in [3.8, 4) is 5.69 Å². The molecule has 0 radical (unpaired) electrons. The summed E-state index contributed by atoms with van der Waals surface area (Å²) < 4.78 is 45.7. The van der Waals surface area contributed by atoms with Crippen LogP contribution in [0.25, 0.3) is 17.8 Å². The summed E-state index contributed by atoms with van der Waals surface area (Å²) in [5, 5.41) is 14.7. The molecule has 0 aliphatic carbocycles. The first-order valence-electron chi connectivity index (χ1n) is 8.25. The fourth-order valence-electron chi connectivity index (χ4n) is 3.05. The number of benzene rings is 1. The van der Waals surface area contributed by atoms with Crippen molar-refractivity contribution < 1.29 is 22.6 Å². The Morgan fingerprint density at radius 2 is 1.89 bits per heavy atom. The second-order valence-electron chi connectivity index (χ2n) is 6.28. The van der Waals surface area contributed by atoms with Gasteiger partial charge >= 0.3 is 11.9 Å². The molecule has 0 saturated carbocycles. The number of rotatable bonds is 4. The van der Waals surface area contributed by atoms with E-state index in [1.165, 1.54) is 19.1 Å². The Labute approximate surface area is 158 Å². The van der Waals surface area contributed by atoms with Gasteiger partial charge in [0.05, 0.1) is 10.5 Å². The molecule has 0 saturated heterocycles. The van der Waals surface area contributed by atoms with Crippen LogP contribution in [0, 0.1) is 30.9 Å². The zero-order valence-electron chi connectivity index (χ0n) is 15.2. The summed E-state index contributed by atoms with van der Waals surface area (Å²) in [6, 6.07) is 6.82. The van der Waals surface area contributed by atoms with Crippen LogP contribution in [0.5, 0.6) is 0 Å². The number of alkyl halides is 3. The molecular weight excluding hydrogens is 375 g/mol. The van der Waals surface area contributed by atoms with Crippen molar-refractivity contribution in [1.82, 2.24) is 9.72 Å². The smallest absolute Gasteiger partial charge is 0.349 e. The van der Waals surface area contributed by atoms with E-state index < -0.39 is 16.7 Å². The third kappa shape index (κ3) is 3.55. The van der Waals surface area contributed by atoms with Crippen LogP contribution in [0.2, 0.25) is 0 Å². The molecule has 0 bridgehead atoms. The summed E-state index contributed by atoms with van der Waals surface area (Å²) in [7, 11) is 0. The lowest BCUT2D eigenvalue weighted by atomic mass is 10.2. The maximum Gasteiger partial charge on any atom is 0.416 e. The molecule has 6 nitrogen and oxygen atoms in total. The molecule has 0 unspecified atom stereocenters. The fraction of sp³-hybridized carbons (Fsp3) is 0.211. The highest BCUT2D eigenvalue weighted by molar-refractivity contribution is 5.73. The highest BCUT2D eigenvalue weighted by atomic mass is 19.4. The van der Waals surface area contributed by atoms with E-state index in [1.807, 2.05) is 0 Å². The van der Waals surface area contributed by atoms with Gasteiger partial charge in [-0.1, -0.05) is 11.2 Å². The SMILES string of the molecule is Cc1noc(C=Cc2cc(C)n(-c3cccc(C(F)(F)F)c3)c2C)c1[N+](=O)[O-]. The van der Waals surface area contributed by atoms with E-state index in [4.69, 9.17) is 4.52 Å². The Kier molecular flexibility index (Phi) is 4.84. The number of nitrogens with zero attached hydrogens (tertiary/aromatic N) is 3. The van der Waals surface area contributed by atoms with Gasteiger partial charge in [-0.25, -0.2) is 0 Å². The summed E-state index contributed by atoms with van der Waals surface area (Å²) in [6.07, 6.45) is -1.40. The molecule has 0 amide bonds. The van der Waals surface area contributed by atoms with Gasteiger partial charge < -0.3 is 9.09 Å². The quantitative estimate of drug-likeness (QED) is 0.435. The van der Waals surface area contributed by atoms with Crippen molar-refractivity contribution in [3.05, 3.63) is 74.4 Å². The molecule has 2 heterocycles. The largest absolute Gasteiger partial charge is 0.416 e. The van der Waals surface area contributed by atoms with Gasteiger partial charge in [0.15, 0.2) is 5.69 Å². The summed E-state index contributed by atoms with van der Waals surface area (Å²) in [6.45, 7) is 5.00. The van der Waals surface area contributed by atoms with Crippen LogP contribution < -0.4 is 0 Å². The monoisotopic (exact) mass is 391 g/mol. The molecule has 0 aliphatic rings. The van der Waals surface area contributed by atoms with Crippen LogP contribution in [-0.2, 0) is 6.18 Å². The van der Waals surface area contributed by atoms with Crippen molar-refractivity contribution >= 4 is 17.8 Å². The number of hydrogen-bond acceptors (Lipinski definition) is 4. The third-order valence-corrected chi connectivity index (χ3v) is 4.36. The number of nitro groups is 1. The Bertz CT molecular complexity index is 1080. The zero-order chi connectivity index (χ0) is 20.6. The second kappa shape index (κ2) is 6.99. The number of aryl methyl sites for hydroxylation is 2. The topological polar surface area (TPSA) is 74.1 Å². The van der Waals surface area contributed by atoms with Crippen molar-refractivity contribution in [2.75, 3.05) is 0 Å². The van der Waals surface area contributed by atoms with Crippen molar-refractivity contribution in [2.45, 2.75) is 26.9 Å². The fourth-order valence-corrected chi connectivity index (χ4v) is 3.05. The van der Waals surface area contributed by atoms with Crippen molar-refractivity contribution in [1.29, 1.82) is 0 Å². The highest BCUT2D eigenvalue weighted by Gasteiger charge is 2.30. The average molecular weight is 391 g/mol. The summed E-state index contributed by atoms with van der Waals surface area (Å²) in [5.74, 6) is 0.00590. The summed E-state index contributed by atoms with van der Waals surface area (Å²) in [4.78, 5) is 10.5. The van der Waals surface area contributed by atoms with Crippen LogP contribution in [0.1, 0.15) is 34.0 Å². The molecule has 1 aromatic carbocycles. The molecule has 146 valence electrons. The van der Waals surface area contributed by atoms with Gasteiger partial charge in [-0.3, -0.25) is 10.1 Å². The first-order chi connectivity index (χ1) is 13.1. The zero-order valence-corrected chi connectivity index (χ0v) is 15.2. The van der Waals surface area contributed by atoms with E-state index in [0.717, 1.165) is 17.8 Å². The van der Waals surface area contributed by atoms with Crippen LogP contribution in [0.3, 0.4) is 0 Å². The van der Waals surface area contributed by atoms with E-state index in [2.05, 4.69) is 5.16 Å². The Morgan fingerprint density at radius 1 is 1.18 bits per heavy atom. The molecule has 0 spiro atoms. The van der Waals surface area contributed by atoms with Gasteiger partial charge in [0.2, 0.25) is 5.76 Å². The summed E-state index contributed by atoms with van der Waals surface area (Å²) in [5.41, 5.74) is 1.69. The molecule has 3 rings (SSSR count). The second-order valence-corrected chi connectivity index (χ2v) is 6.28. The maximum atomic E-state index is 13.0. The number of hydrogen-bond donors (Lipinski definition) is 0. The standard InChI is InChI=1S/C19H16F3N3O3/c1-11-9-14(7-8-17-18(25(26)27)12(2)23-28-17)13(3)24(11)16-6-4-5-15(10-16)19(20,21)22/h4-10H,1-3H3. The van der Waals surface area contributed by atoms with Crippen molar-refractivity contribution in [2.24, 2.45) is 0 Å². The van der Waals surface area contributed by atoms with Crippen LogP contribution in [0.4, 0.5) is 18.9 Å². The lowest BCUT2D eigenvalue weighted by Gasteiger charge is -2.13.